The average molecular weight is 431 g/mol. The Labute approximate surface area is 187 Å². The maximum Gasteiger partial charge on any atom is 0.335 e. The lowest BCUT2D eigenvalue weighted by molar-refractivity contribution is -0.236. The van der Waals surface area contributed by atoms with Gasteiger partial charge in [-0.2, -0.15) is 0 Å². The maximum absolute atomic E-state index is 12.1. The molecular formula is C26H38O5. The molecule has 0 radical (unpaired) electrons. The lowest BCUT2D eigenvalue weighted by Gasteiger charge is -2.49. The fourth-order valence-corrected chi connectivity index (χ4v) is 5.30. The van der Waals surface area contributed by atoms with Gasteiger partial charge >= 0.3 is 5.97 Å². The van der Waals surface area contributed by atoms with Gasteiger partial charge in [-0.15, -0.1) is 0 Å². The first-order valence-corrected chi connectivity index (χ1v) is 11.3. The third kappa shape index (κ3) is 4.74. The molecule has 0 bridgehead atoms. The molecule has 5 nitrogen and oxygen atoms in total. The predicted molar refractivity (Wildman–Crippen MR) is 121 cm³/mol. The summed E-state index contributed by atoms with van der Waals surface area (Å²) < 4.78 is 24.1. The van der Waals surface area contributed by atoms with Crippen LogP contribution < -0.4 is 0 Å². The number of esters is 1. The summed E-state index contributed by atoms with van der Waals surface area (Å²) in [5, 5.41) is 0. The van der Waals surface area contributed by atoms with Crippen molar-refractivity contribution in [3.05, 3.63) is 47.3 Å². The number of hydrogen-bond acceptors (Lipinski definition) is 5. The molecule has 0 aromatic rings. The molecule has 31 heavy (non-hydrogen) atoms. The number of rotatable bonds is 7. The van der Waals surface area contributed by atoms with Crippen LogP contribution in [0.25, 0.3) is 0 Å². The van der Waals surface area contributed by atoms with Crippen LogP contribution in [0.4, 0.5) is 0 Å². The van der Waals surface area contributed by atoms with E-state index in [1.54, 1.807) is 13.4 Å². The minimum atomic E-state index is -0.701. The lowest BCUT2D eigenvalue weighted by Crippen LogP contribution is -2.53. The molecule has 2 aliphatic heterocycles. The zero-order valence-corrected chi connectivity index (χ0v) is 20.1. The van der Waals surface area contributed by atoms with E-state index in [4.69, 9.17) is 18.9 Å². The van der Waals surface area contributed by atoms with E-state index in [1.807, 2.05) is 26.8 Å². The van der Waals surface area contributed by atoms with E-state index >= 15 is 0 Å². The Hall–Kier alpha value is -1.69. The monoisotopic (exact) mass is 430 g/mol. The highest BCUT2D eigenvalue weighted by Gasteiger charge is 2.67. The van der Waals surface area contributed by atoms with Crippen LogP contribution in [-0.2, 0) is 23.7 Å². The summed E-state index contributed by atoms with van der Waals surface area (Å²) in [7, 11) is 1.68. The van der Waals surface area contributed by atoms with E-state index in [-0.39, 0.29) is 23.4 Å². The highest BCUT2D eigenvalue weighted by Crippen LogP contribution is 2.61. The topological polar surface area (TPSA) is 54.0 Å². The van der Waals surface area contributed by atoms with Crippen LogP contribution in [0.15, 0.2) is 47.3 Å². The maximum atomic E-state index is 12.1. The van der Waals surface area contributed by atoms with Gasteiger partial charge in [-0.1, -0.05) is 30.2 Å². The van der Waals surface area contributed by atoms with E-state index in [0.717, 1.165) is 24.8 Å². The Balaban J connectivity index is 1.97. The van der Waals surface area contributed by atoms with Gasteiger partial charge in [-0.3, -0.25) is 0 Å². The lowest BCUT2D eigenvalue weighted by atomic mass is 9.58. The van der Waals surface area contributed by atoms with Gasteiger partial charge in [0.15, 0.2) is 5.79 Å². The molecule has 172 valence electrons. The molecule has 3 aliphatic rings. The Morgan fingerprint density at radius 2 is 1.97 bits per heavy atom. The quantitative estimate of drug-likeness (QED) is 0.227. The summed E-state index contributed by atoms with van der Waals surface area (Å²) in [4.78, 5) is 12.1. The molecule has 0 aromatic heterocycles. The van der Waals surface area contributed by atoms with Crippen molar-refractivity contribution >= 4 is 5.97 Å². The van der Waals surface area contributed by atoms with Crippen molar-refractivity contribution in [2.45, 2.75) is 84.7 Å². The summed E-state index contributed by atoms with van der Waals surface area (Å²) in [6.45, 7) is 12.9. The molecule has 0 aromatic carbocycles. The Morgan fingerprint density at radius 1 is 1.23 bits per heavy atom. The third-order valence-electron chi connectivity index (χ3n) is 6.95. The Bertz CT molecular complexity index is 814. The third-order valence-corrected chi connectivity index (χ3v) is 6.95. The summed E-state index contributed by atoms with van der Waals surface area (Å²) in [5.74, 6) is -1.07. The van der Waals surface area contributed by atoms with Crippen LogP contribution in [0, 0.1) is 11.3 Å². The van der Waals surface area contributed by atoms with Crippen molar-refractivity contribution in [2.24, 2.45) is 11.3 Å². The summed E-state index contributed by atoms with van der Waals surface area (Å²) in [6.07, 6.45) is 13.2. The molecule has 5 heteroatoms. The molecular weight excluding hydrogens is 392 g/mol. The minimum absolute atomic E-state index is 0.00506. The molecule has 2 heterocycles. The first-order valence-electron chi connectivity index (χ1n) is 11.3. The SMILES string of the molecule is CO[C@]1(C)C[C@@H]2OCC3=CCC(C)(CCC=C(C)C)[C@@H](/C=C\OC(=O)C=C(C)C)[C@]32O1. The van der Waals surface area contributed by atoms with Crippen LogP contribution in [0.2, 0.25) is 0 Å². The van der Waals surface area contributed by atoms with E-state index < -0.39 is 11.4 Å². The van der Waals surface area contributed by atoms with Crippen LogP contribution >= 0.6 is 0 Å². The van der Waals surface area contributed by atoms with Crippen molar-refractivity contribution in [3.63, 3.8) is 0 Å². The first-order chi connectivity index (χ1) is 14.5. The summed E-state index contributed by atoms with van der Waals surface area (Å²) in [5.41, 5.74) is 2.75. The van der Waals surface area contributed by atoms with Crippen molar-refractivity contribution in [2.75, 3.05) is 13.7 Å². The van der Waals surface area contributed by atoms with Gasteiger partial charge in [0.05, 0.1) is 19.0 Å². The number of allylic oxidation sites excluding steroid dienone is 4. The summed E-state index contributed by atoms with van der Waals surface area (Å²) >= 11 is 0. The number of ether oxygens (including phenoxy) is 4. The van der Waals surface area contributed by atoms with Gasteiger partial charge in [0.2, 0.25) is 0 Å². The highest BCUT2D eigenvalue weighted by atomic mass is 16.7. The van der Waals surface area contributed by atoms with Crippen molar-refractivity contribution in [1.82, 2.24) is 0 Å². The molecule has 2 fully saturated rings. The molecule has 1 aliphatic carbocycles. The number of carbonyl (C=O) groups is 1. The smallest absolute Gasteiger partial charge is 0.335 e. The second-order valence-corrected chi connectivity index (χ2v) is 10.1. The van der Waals surface area contributed by atoms with Crippen molar-refractivity contribution in [3.8, 4) is 0 Å². The number of methoxy groups -OCH3 is 1. The average Bonchev–Trinajstić information content (AvgIpc) is 3.14. The summed E-state index contributed by atoms with van der Waals surface area (Å²) in [6, 6.07) is 0. The second-order valence-electron chi connectivity index (χ2n) is 10.1. The van der Waals surface area contributed by atoms with E-state index in [1.165, 1.54) is 17.2 Å². The van der Waals surface area contributed by atoms with Gasteiger partial charge in [0, 0.05) is 25.5 Å². The van der Waals surface area contributed by atoms with Crippen LogP contribution in [0.5, 0.6) is 0 Å². The van der Waals surface area contributed by atoms with E-state index in [9.17, 15) is 4.79 Å². The molecule has 0 amide bonds. The molecule has 0 N–H and O–H groups in total. The van der Waals surface area contributed by atoms with Gasteiger partial charge in [0.25, 0.3) is 0 Å². The minimum Gasteiger partial charge on any atom is -0.432 e. The number of hydrogen-bond donors (Lipinski definition) is 0. The normalized spacial score (nSPS) is 36.5. The highest BCUT2D eigenvalue weighted by molar-refractivity contribution is 5.83. The molecule has 5 atom stereocenters. The molecule has 1 spiro atoms. The molecule has 3 rings (SSSR count). The van der Waals surface area contributed by atoms with Crippen LogP contribution in [0.1, 0.15) is 67.2 Å². The standard InChI is InChI=1S/C26H38O5/c1-18(2)9-8-12-24(5)13-10-20-17-30-22-16-25(6,28-7)31-26(20,22)21(24)11-14-29-23(27)15-19(3)4/h9-11,14-15,21-22H,8,12-13,16-17H2,1-7H3/b14-11-/t21-,22+,24?,25+,26-/m1/s1. The molecule has 2 saturated heterocycles. The van der Waals surface area contributed by atoms with Gasteiger partial charge in [-0.25, -0.2) is 4.79 Å². The zero-order valence-electron chi connectivity index (χ0n) is 20.1. The van der Waals surface area contributed by atoms with Gasteiger partial charge in [-0.05, 0) is 70.9 Å². The zero-order chi connectivity index (χ0) is 22.9. The van der Waals surface area contributed by atoms with Gasteiger partial charge < -0.3 is 18.9 Å². The van der Waals surface area contributed by atoms with Gasteiger partial charge in [0.1, 0.15) is 5.60 Å². The van der Waals surface area contributed by atoms with E-state index in [2.05, 4.69) is 32.9 Å². The Morgan fingerprint density at radius 3 is 2.61 bits per heavy atom. The molecule has 1 unspecified atom stereocenters. The Kier molecular flexibility index (Phi) is 6.99. The molecule has 0 saturated carbocycles. The number of carbonyl (C=O) groups excluding carboxylic acids is 1. The first kappa shape index (κ1) is 24.0. The largest absolute Gasteiger partial charge is 0.432 e. The predicted octanol–water partition coefficient (Wildman–Crippen LogP) is 5.63. The van der Waals surface area contributed by atoms with Crippen LogP contribution in [0.3, 0.4) is 0 Å². The second kappa shape index (κ2) is 9.05. The van der Waals surface area contributed by atoms with Crippen LogP contribution in [-0.4, -0.2) is 37.2 Å². The fraction of sp³-hybridized carbons (Fsp3) is 0.654. The van der Waals surface area contributed by atoms with Crippen molar-refractivity contribution in [1.29, 1.82) is 0 Å². The fourth-order valence-electron chi connectivity index (χ4n) is 5.30. The van der Waals surface area contributed by atoms with E-state index in [0.29, 0.717) is 13.0 Å². The van der Waals surface area contributed by atoms with Crippen molar-refractivity contribution < 1.29 is 23.7 Å².